The summed E-state index contributed by atoms with van der Waals surface area (Å²) in [6, 6.07) is 0. The number of hydrogen-bond acceptors (Lipinski definition) is 0. The Hall–Kier alpha value is 2.92. The van der Waals surface area contributed by atoms with E-state index in [1.165, 1.54) is 0 Å². The molecule has 0 amide bonds. The van der Waals surface area contributed by atoms with Gasteiger partial charge in [-0.15, -0.1) is 0 Å². The Morgan fingerprint density at radius 2 is 0.750 bits per heavy atom. The van der Waals surface area contributed by atoms with Gasteiger partial charge in [0.25, 0.3) is 0 Å². The fourth-order valence-electron chi connectivity index (χ4n) is 0. The molecule has 0 fully saturated rings. The van der Waals surface area contributed by atoms with Crippen LogP contribution in [-0.2, 0) is 19.5 Å². The van der Waals surface area contributed by atoms with Crippen LogP contribution < -0.4 is 0 Å². The second kappa shape index (κ2) is 16.8. The van der Waals surface area contributed by atoms with Crippen molar-refractivity contribution in [2.45, 2.75) is 0 Å². The van der Waals surface area contributed by atoms with Crippen LogP contribution >= 0.6 is 0 Å². The summed E-state index contributed by atoms with van der Waals surface area (Å²) in [4.78, 5) is 0. The van der Waals surface area contributed by atoms with Gasteiger partial charge < -0.3 is 34.1 Å². The van der Waals surface area contributed by atoms with Gasteiger partial charge in [0.2, 0.25) is 0 Å². The smallest absolute Gasteiger partial charge is 2.00 e. The standard InChI is InChI=1S/Ca.2Se.Zn/q+2;2*-2;+2. The molecule has 0 unspecified atom stereocenters. The molecule has 0 rings (SSSR count). The van der Waals surface area contributed by atoms with Gasteiger partial charge in [0.15, 0.2) is 0 Å². The molecule has 0 aromatic heterocycles. The number of rotatable bonds is 0. The summed E-state index contributed by atoms with van der Waals surface area (Å²) >= 11 is 0. The van der Waals surface area contributed by atoms with E-state index in [0.29, 0.717) is 0 Å². The van der Waals surface area contributed by atoms with Crippen LogP contribution in [0.4, 0.5) is 0 Å². The molecule has 0 radical (unpaired) electrons. The van der Waals surface area contributed by atoms with Crippen molar-refractivity contribution in [3.05, 3.63) is 0 Å². The first-order valence-corrected chi connectivity index (χ1v) is 0. The third kappa shape index (κ3) is 8.87. The minimum atomic E-state index is 0. The Morgan fingerprint density at radius 3 is 0.750 bits per heavy atom. The predicted molar refractivity (Wildman–Crippen MR) is 17.3 cm³/mol. The topological polar surface area (TPSA) is 0 Å². The van der Waals surface area contributed by atoms with E-state index >= 15 is 0 Å². The first-order chi connectivity index (χ1) is 0. The van der Waals surface area contributed by atoms with E-state index in [1.807, 2.05) is 0 Å². The molecule has 16 valence electrons. The predicted octanol–water partition coefficient (Wildman–Crippen LogP) is -1.14. The minimum Gasteiger partial charge on any atom is -2.00 e. The van der Waals surface area contributed by atoms with Crippen LogP contribution in [0.2, 0.25) is 0 Å². The van der Waals surface area contributed by atoms with Crippen LogP contribution in [0.15, 0.2) is 0 Å². The Balaban J connectivity index is 0. The Labute approximate surface area is 89.6 Å². The summed E-state index contributed by atoms with van der Waals surface area (Å²) in [6.45, 7) is 0. The normalized spacial score (nSPS) is 0. The van der Waals surface area contributed by atoms with Crippen molar-refractivity contribution in [2.75, 3.05) is 0 Å². The van der Waals surface area contributed by atoms with Crippen LogP contribution in [0.3, 0.4) is 0 Å². The fraction of sp³-hybridized carbons (Fsp3) is 0. The van der Waals surface area contributed by atoms with E-state index in [1.54, 1.807) is 0 Å². The monoisotopic (exact) mass is 264 g/mol. The van der Waals surface area contributed by atoms with Crippen molar-refractivity contribution in [2.24, 2.45) is 0 Å². The summed E-state index contributed by atoms with van der Waals surface area (Å²) in [5.41, 5.74) is 0. The molecule has 0 N–H and O–H groups in total. The maximum Gasteiger partial charge on any atom is 2.00 e. The summed E-state index contributed by atoms with van der Waals surface area (Å²) in [6.07, 6.45) is 0. The maximum absolute atomic E-state index is 0. The minimum absolute atomic E-state index is 0. The van der Waals surface area contributed by atoms with Gasteiger partial charge >= 0.3 is 57.2 Å². The summed E-state index contributed by atoms with van der Waals surface area (Å²) < 4.78 is 0. The van der Waals surface area contributed by atoms with Gasteiger partial charge in [0.1, 0.15) is 0 Å². The van der Waals surface area contributed by atoms with Gasteiger partial charge in [0, 0.05) is 0 Å². The van der Waals surface area contributed by atoms with E-state index in [4.69, 9.17) is 0 Å². The van der Waals surface area contributed by atoms with Gasteiger partial charge in [-0.05, 0) is 0 Å². The van der Waals surface area contributed by atoms with E-state index in [9.17, 15) is 0 Å². The van der Waals surface area contributed by atoms with E-state index in [0.717, 1.165) is 0 Å². The molecule has 4 heavy (non-hydrogen) atoms. The molecule has 0 bridgehead atoms. The third-order valence-corrected chi connectivity index (χ3v) is 0. The second-order valence-corrected chi connectivity index (χ2v) is 0. The molecule has 0 saturated heterocycles. The quantitative estimate of drug-likeness (QED) is 0.485. The van der Waals surface area contributed by atoms with Crippen molar-refractivity contribution in [3.8, 4) is 0 Å². The zero-order chi connectivity index (χ0) is 0. The maximum atomic E-state index is 0. The molecule has 0 aromatic rings. The third-order valence-electron chi connectivity index (χ3n) is 0. The second-order valence-electron chi connectivity index (χ2n) is 0. The largest absolute Gasteiger partial charge is 2.00 e. The molecule has 0 aliphatic rings. The molecule has 0 nitrogen and oxygen atoms in total. The van der Waals surface area contributed by atoms with Gasteiger partial charge in [-0.1, -0.05) is 0 Å². The van der Waals surface area contributed by atoms with Crippen LogP contribution in [0.1, 0.15) is 0 Å². The van der Waals surface area contributed by atoms with Crippen LogP contribution in [0, 0.1) is 0 Å². The van der Waals surface area contributed by atoms with Crippen molar-refractivity contribution in [1.82, 2.24) is 0 Å². The Bertz CT molecular complexity index is 6.00. The van der Waals surface area contributed by atoms with E-state index in [2.05, 4.69) is 0 Å². The van der Waals surface area contributed by atoms with Crippen LogP contribution in [-0.4, -0.2) is 71.9 Å². The SMILES string of the molecule is [Ca+2].[Se-2].[Se-2].[Zn+2]. The first kappa shape index (κ1) is 28.4. The number of hydrogen-bond donors (Lipinski definition) is 0. The van der Waals surface area contributed by atoms with Gasteiger partial charge in [0.05, 0.1) is 0 Å². The average molecular weight is 263 g/mol. The molecule has 0 aliphatic carbocycles. The van der Waals surface area contributed by atoms with Crippen molar-refractivity contribution in [1.29, 1.82) is 0 Å². The summed E-state index contributed by atoms with van der Waals surface area (Å²) in [5, 5.41) is 0. The molecule has 0 saturated carbocycles. The summed E-state index contributed by atoms with van der Waals surface area (Å²) in [7, 11) is 0. The molecule has 0 heterocycles. The van der Waals surface area contributed by atoms with Crippen molar-refractivity contribution in [3.63, 3.8) is 0 Å². The zero-order valence-electron chi connectivity index (χ0n) is 2.23. The molecule has 0 spiro atoms. The average Bonchev–Trinajstić information content (AvgIpc) is 0. The molecule has 0 atom stereocenters. The van der Waals surface area contributed by atoms with Gasteiger partial charge in [-0.2, -0.15) is 0 Å². The van der Waals surface area contributed by atoms with Crippen molar-refractivity contribution >= 4 is 71.9 Å². The van der Waals surface area contributed by atoms with Crippen LogP contribution in [0.25, 0.3) is 0 Å². The van der Waals surface area contributed by atoms with E-state index in [-0.39, 0.29) is 91.4 Å². The zero-order valence-corrected chi connectivity index (χ0v) is 10.8. The summed E-state index contributed by atoms with van der Waals surface area (Å²) in [5.74, 6) is 0. The van der Waals surface area contributed by atoms with Gasteiger partial charge in [-0.25, -0.2) is 0 Å². The fourth-order valence-corrected chi connectivity index (χ4v) is 0. The van der Waals surface area contributed by atoms with E-state index < -0.39 is 0 Å². The van der Waals surface area contributed by atoms with Crippen molar-refractivity contribution < 1.29 is 19.5 Å². The molecule has 0 aliphatic heterocycles. The molecular formula is CaSe2Zn. The molecular weight excluding hydrogens is 263 g/mol. The molecule has 4 heteroatoms. The molecule has 0 aromatic carbocycles. The van der Waals surface area contributed by atoms with Crippen LogP contribution in [0.5, 0.6) is 0 Å². The Kier molecular flexibility index (Phi) is 119. The van der Waals surface area contributed by atoms with Gasteiger partial charge in [-0.3, -0.25) is 0 Å². The Morgan fingerprint density at radius 1 is 0.750 bits per heavy atom. The first-order valence-electron chi connectivity index (χ1n) is 0.